The summed E-state index contributed by atoms with van der Waals surface area (Å²) in [5, 5.41) is 18.1. The summed E-state index contributed by atoms with van der Waals surface area (Å²) in [6.07, 6.45) is 1.54. The van der Waals surface area contributed by atoms with Crippen LogP contribution in [0.5, 0.6) is 0 Å². The minimum absolute atomic E-state index is 0.166. The Morgan fingerprint density at radius 2 is 2.14 bits per heavy atom. The number of aliphatic carboxylic acids is 1. The fraction of sp³-hybridized carbons (Fsp3) is 0.692. The number of urea groups is 1. The third kappa shape index (κ3) is 6.73. The average molecular weight is 297 g/mol. The Bertz CT molecular complexity index is 474. The largest absolute Gasteiger partial charge is 0.481 e. The van der Waals surface area contributed by atoms with Gasteiger partial charge in [-0.3, -0.25) is 9.89 Å². The lowest BCUT2D eigenvalue weighted by Gasteiger charge is -2.17. The van der Waals surface area contributed by atoms with Gasteiger partial charge in [0.15, 0.2) is 5.82 Å². The first-order chi connectivity index (χ1) is 9.88. The third-order valence-electron chi connectivity index (χ3n) is 3.13. The summed E-state index contributed by atoms with van der Waals surface area (Å²) >= 11 is 0. The molecule has 0 radical (unpaired) electrons. The second-order valence-corrected chi connectivity index (χ2v) is 5.25. The Labute approximate surface area is 123 Å². The minimum atomic E-state index is -0.785. The number of nitrogens with zero attached hydrogens (tertiary/aromatic N) is 3. The highest BCUT2D eigenvalue weighted by molar-refractivity contribution is 5.73. The number of carbonyl (C=O) groups is 2. The van der Waals surface area contributed by atoms with Gasteiger partial charge < -0.3 is 15.3 Å². The maximum Gasteiger partial charge on any atom is 0.317 e. The van der Waals surface area contributed by atoms with Crippen LogP contribution in [-0.2, 0) is 11.3 Å². The van der Waals surface area contributed by atoms with Crippen LogP contribution in [0.2, 0.25) is 0 Å². The number of aryl methyl sites for hydroxylation is 1. The van der Waals surface area contributed by atoms with E-state index in [9.17, 15) is 9.59 Å². The van der Waals surface area contributed by atoms with Gasteiger partial charge in [-0.05, 0) is 25.7 Å². The molecule has 8 nitrogen and oxygen atoms in total. The highest BCUT2D eigenvalue weighted by Gasteiger charge is 2.12. The standard InChI is InChI=1S/C13H23N5O3/c1-9(4-5-12(19)20)6-7-14-13(21)18(3)8-11-15-10(2)16-17-11/h9H,4-8H2,1-3H3,(H,14,21)(H,19,20)(H,15,16,17). The van der Waals surface area contributed by atoms with Crippen molar-refractivity contribution in [1.29, 1.82) is 0 Å². The molecule has 1 heterocycles. The molecule has 1 atom stereocenters. The van der Waals surface area contributed by atoms with Crippen molar-refractivity contribution < 1.29 is 14.7 Å². The maximum atomic E-state index is 11.9. The number of amides is 2. The summed E-state index contributed by atoms with van der Waals surface area (Å²) < 4.78 is 0. The molecule has 1 unspecified atom stereocenters. The van der Waals surface area contributed by atoms with Crippen LogP contribution in [0.1, 0.15) is 37.8 Å². The number of aromatic nitrogens is 3. The van der Waals surface area contributed by atoms with E-state index >= 15 is 0 Å². The number of carbonyl (C=O) groups excluding carboxylic acids is 1. The highest BCUT2D eigenvalue weighted by atomic mass is 16.4. The fourth-order valence-corrected chi connectivity index (χ4v) is 1.82. The maximum absolute atomic E-state index is 11.9. The van der Waals surface area contributed by atoms with E-state index in [0.29, 0.717) is 31.2 Å². The summed E-state index contributed by atoms with van der Waals surface area (Å²) in [6, 6.07) is -0.192. The van der Waals surface area contributed by atoms with Gasteiger partial charge in [0, 0.05) is 20.0 Å². The second kappa shape index (κ2) is 8.23. The third-order valence-corrected chi connectivity index (χ3v) is 3.13. The normalized spacial score (nSPS) is 12.0. The zero-order valence-corrected chi connectivity index (χ0v) is 12.7. The van der Waals surface area contributed by atoms with Crippen molar-refractivity contribution in [3.8, 4) is 0 Å². The van der Waals surface area contributed by atoms with Crippen molar-refractivity contribution in [2.45, 2.75) is 39.7 Å². The monoisotopic (exact) mass is 297 g/mol. The molecular formula is C13H23N5O3. The topological polar surface area (TPSA) is 111 Å². The summed E-state index contributed by atoms with van der Waals surface area (Å²) in [5.74, 6) is 0.765. The van der Waals surface area contributed by atoms with Gasteiger partial charge in [-0.1, -0.05) is 6.92 Å². The molecule has 0 saturated heterocycles. The zero-order chi connectivity index (χ0) is 15.8. The molecule has 0 spiro atoms. The van der Waals surface area contributed by atoms with Gasteiger partial charge in [0.25, 0.3) is 0 Å². The lowest BCUT2D eigenvalue weighted by Crippen LogP contribution is -2.37. The number of aromatic amines is 1. The van der Waals surface area contributed by atoms with Crippen molar-refractivity contribution in [3.05, 3.63) is 11.6 Å². The van der Waals surface area contributed by atoms with Crippen molar-refractivity contribution in [1.82, 2.24) is 25.4 Å². The number of carboxylic acid groups (broad SMARTS) is 1. The molecule has 118 valence electrons. The van der Waals surface area contributed by atoms with E-state index in [1.165, 1.54) is 4.90 Å². The van der Waals surface area contributed by atoms with E-state index < -0.39 is 5.97 Å². The number of hydrogen-bond donors (Lipinski definition) is 3. The average Bonchev–Trinajstić information content (AvgIpc) is 2.81. The Kier molecular flexibility index (Phi) is 6.64. The van der Waals surface area contributed by atoms with Gasteiger partial charge >= 0.3 is 12.0 Å². The Hall–Kier alpha value is -2.12. The first kappa shape index (κ1) is 16.9. The van der Waals surface area contributed by atoms with Crippen LogP contribution in [0.25, 0.3) is 0 Å². The molecule has 8 heteroatoms. The first-order valence-electron chi connectivity index (χ1n) is 6.97. The molecule has 0 bridgehead atoms. The molecule has 1 aromatic heterocycles. The number of carboxylic acids is 1. The van der Waals surface area contributed by atoms with Crippen LogP contribution in [0.15, 0.2) is 0 Å². The smallest absolute Gasteiger partial charge is 0.317 e. The summed E-state index contributed by atoms with van der Waals surface area (Å²) in [7, 11) is 1.68. The molecule has 1 rings (SSSR count). The Morgan fingerprint density at radius 3 is 2.71 bits per heavy atom. The second-order valence-electron chi connectivity index (χ2n) is 5.25. The van der Waals surface area contributed by atoms with Crippen LogP contribution in [0, 0.1) is 12.8 Å². The van der Waals surface area contributed by atoms with Gasteiger partial charge in [-0.15, -0.1) is 0 Å². The van der Waals surface area contributed by atoms with Gasteiger partial charge in [-0.2, -0.15) is 5.10 Å². The van der Waals surface area contributed by atoms with Gasteiger partial charge in [0.1, 0.15) is 5.82 Å². The highest BCUT2D eigenvalue weighted by Crippen LogP contribution is 2.09. The predicted octanol–water partition coefficient (Wildman–Crippen LogP) is 1.15. The van der Waals surface area contributed by atoms with Crippen molar-refractivity contribution in [3.63, 3.8) is 0 Å². The van der Waals surface area contributed by atoms with Crippen LogP contribution in [0.4, 0.5) is 4.79 Å². The summed E-state index contributed by atoms with van der Waals surface area (Å²) in [5.41, 5.74) is 0. The number of nitrogens with one attached hydrogen (secondary N) is 2. The molecule has 0 aliphatic heterocycles. The molecule has 2 amide bonds. The van der Waals surface area contributed by atoms with E-state index in [0.717, 1.165) is 6.42 Å². The Balaban J connectivity index is 2.22. The van der Waals surface area contributed by atoms with E-state index in [-0.39, 0.29) is 18.4 Å². The first-order valence-corrected chi connectivity index (χ1v) is 6.97. The predicted molar refractivity (Wildman–Crippen MR) is 76.6 cm³/mol. The van der Waals surface area contributed by atoms with Crippen LogP contribution >= 0.6 is 0 Å². The van der Waals surface area contributed by atoms with Gasteiger partial charge in [0.2, 0.25) is 0 Å². The molecule has 0 aliphatic rings. The molecule has 0 fully saturated rings. The van der Waals surface area contributed by atoms with E-state index in [1.54, 1.807) is 14.0 Å². The minimum Gasteiger partial charge on any atom is -0.481 e. The molecule has 3 N–H and O–H groups in total. The van der Waals surface area contributed by atoms with Crippen LogP contribution in [0.3, 0.4) is 0 Å². The molecule has 0 aromatic carbocycles. The number of hydrogen-bond acceptors (Lipinski definition) is 4. The SMILES string of the molecule is Cc1nc(CN(C)C(=O)NCCC(C)CCC(=O)O)n[nH]1. The van der Waals surface area contributed by atoms with Crippen molar-refractivity contribution in [2.75, 3.05) is 13.6 Å². The van der Waals surface area contributed by atoms with Crippen LogP contribution in [-0.4, -0.2) is 50.8 Å². The zero-order valence-electron chi connectivity index (χ0n) is 12.7. The van der Waals surface area contributed by atoms with Crippen LogP contribution < -0.4 is 5.32 Å². The van der Waals surface area contributed by atoms with Gasteiger partial charge in [-0.25, -0.2) is 9.78 Å². The molecule has 0 aliphatic carbocycles. The van der Waals surface area contributed by atoms with Gasteiger partial charge in [0.05, 0.1) is 6.54 Å². The quantitative estimate of drug-likeness (QED) is 0.666. The summed E-state index contributed by atoms with van der Waals surface area (Å²) in [6.45, 7) is 4.64. The molecule has 21 heavy (non-hydrogen) atoms. The summed E-state index contributed by atoms with van der Waals surface area (Å²) in [4.78, 5) is 28.0. The Morgan fingerprint density at radius 1 is 1.43 bits per heavy atom. The number of H-pyrrole nitrogens is 1. The molecule has 1 aromatic rings. The van der Waals surface area contributed by atoms with E-state index in [4.69, 9.17) is 5.11 Å². The van der Waals surface area contributed by atoms with E-state index in [2.05, 4.69) is 20.5 Å². The lowest BCUT2D eigenvalue weighted by molar-refractivity contribution is -0.137. The molecule has 0 saturated carbocycles. The van der Waals surface area contributed by atoms with E-state index in [1.807, 2.05) is 6.92 Å². The van der Waals surface area contributed by atoms with Crippen molar-refractivity contribution >= 4 is 12.0 Å². The van der Waals surface area contributed by atoms with Crippen molar-refractivity contribution in [2.24, 2.45) is 5.92 Å². The fourth-order valence-electron chi connectivity index (χ4n) is 1.82. The lowest BCUT2D eigenvalue weighted by atomic mass is 10.0. The molecular weight excluding hydrogens is 274 g/mol. The number of rotatable bonds is 8.